The van der Waals surface area contributed by atoms with Crippen LogP contribution in [0.25, 0.3) is 0 Å². The number of unbranched alkanes of at least 4 members (excludes halogenated alkanes) is 1. The molecule has 0 unspecified atom stereocenters. The molecule has 2 rings (SSSR count). The second kappa shape index (κ2) is 7.47. The summed E-state index contributed by atoms with van der Waals surface area (Å²) in [6.45, 7) is 3.09. The number of carbonyl (C=O) groups excluding carboxylic acids is 1. The van der Waals surface area contributed by atoms with Crippen LogP contribution in [-0.2, 0) is 0 Å². The molecule has 4 heteroatoms. The Morgan fingerprint density at radius 3 is 3.00 bits per heavy atom. The van der Waals surface area contributed by atoms with E-state index in [9.17, 15) is 4.79 Å². The number of rotatable bonds is 6. The topological polar surface area (TPSA) is 40.5 Å². The van der Waals surface area contributed by atoms with Crippen LogP contribution in [-0.4, -0.2) is 35.1 Å². The van der Waals surface area contributed by atoms with Crippen molar-refractivity contribution in [1.82, 2.24) is 4.90 Å². The number of aliphatic hydroxyl groups is 1. The van der Waals surface area contributed by atoms with E-state index in [-0.39, 0.29) is 12.5 Å². The van der Waals surface area contributed by atoms with Gasteiger partial charge in [-0.15, -0.1) is 11.3 Å². The van der Waals surface area contributed by atoms with E-state index in [0.29, 0.717) is 12.5 Å². The van der Waals surface area contributed by atoms with Crippen LogP contribution in [0.3, 0.4) is 0 Å². The molecule has 1 aliphatic rings. The second-order valence-electron chi connectivity index (χ2n) is 5.06. The van der Waals surface area contributed by atoms with E-state index < -0.39 is 0 Å². The molecule has 0 atom stereocenters. The van der Waals surface area contributed by atoms with Crippen LogP contribution >= 0.6 is 11.3 Å². The Kier molecular flexibility index (Phi) is 5.63. The summed E-state index contributed by atoms with van der Waals surface area (Å²) in [6.07, 6.45) is 4.94. The van der Waals surface area contributed by atoms with Gasteiger partial charge in [-0.1, -0.05) is 25.2 Å². The molecule has 1 aliphatic carbocycles. The maximum Gasteiger partial charge on any atom is 0.254 e. The highest BCUT2D eigenvalue weighted by atomic mass is 32.1. The van der Waals surface area contributed by atoms with Crippen LogP contribution in [0.15, 0.2) is 11.4 Å². The molecule has 1 amide bonds. The average Bonchev–Trinajstić information content (AvgIpc) is 3.18. The Bertz CT molecular complexity index is 508. The lowest BCUT2D eigenvalue weighted by Gasteiger charge is -2.21. The minimum absolute atomic E-state index is 0.0800. The highest BCUT2D eigenvalue weighted by molar-refractivity contribution is 7.10. The van der Waals surface area contributed by atoms with Gasteiger partial charge >= 0.3 is 0 Å². The van der Waals surface area contributed by atoms with Gasteiger partial charge in [-0.2, -0.15) is 0 Å². The molecule has 0 aromatic carbocycles. The third kappa shape index (κ3) is 4.09. The summed E-state index contributed by atoms with van der Waals surface area (Å²) >= 11 is 1.50. The molecule has 108 valence electrons. The van der Waals surface area contributed by atoms with Gasteiger partial charge in [0.1, 0.15) is 0 Å². The van der Waals surface area contributed by atoms with E-state index in [1.807, 2.05) is 16.3 Å². The van der Waals surface area contributed by atoms with E-state index in [0.717, 1.165) is 42.7 Å². The van der Waals surface area contributed by atoms with Gasteiger partial charge in [0.15, 0.2) is 0 Å². The van der Waals surface area contributed by atoms with Crippen molar-refractivity contribution in [3.05, 3.63) is 21.9 Å². The van der Waals surface area contributed by atoms with Gasteiger partial charge in [0, 0.05) is 24.4 Å². The zero-order chi connectivity index (χ0) is 14.4. The Morgan fingerprint density at radius 2 is 2.35 bits per heavy atom. The lowest BCUT2D eigenvalue weighted by Crippen LogP contribution is -2.33. The van der Waals surface area contributed by atoms with Crippen LogP contribution in [0.2, 0.25) is 0 Å². The first-order valence-electron chi connectivity index (χ1n) is 7.25. The summed E-state index contributed by atoms with van der Waals surface area (Å²) in [5.41, 5.74) is 0.756. The lowest BCUT2D eigenvalue weighted by molar-refractivity contribution is 0.0741. The Hall–Kier alpha value is -1.31. The molecule has 1 heterocycles. The summed E-state index contributed by atoms with van der Waals surface area (Å²) < 4.78 is 0. The van der Waals surface area contributed by atoms with Crippen molar-refractivity contribution in [1.29, 1.82) is 0 Å². The Balaban J connectivity index is 2.02. The van der Waals surface area contributed by atoms with Crippen molar-refractivity contribution >= 4 is 17.2 Å². The fraction of sp³-hybridized carbons (Fsp3) is 0.562. The van der Waals surface area contributed by atoms with E-state index in [1.165, 1.54) is 11.3 Å². The molecule has 0 aliphatic heterocycles. The fourth-order valence-corrected chi connectivity index (χ4v) is 2.80. The largest absolute Gasteiger partial charge is 0.395 e. The van der Waals surface area contributed by atoms with Crippen LogP contribution in [0.1, 0.15) is 54.3 Å². The molecule has 3 nitrogen and oxygen atoms in total. The summed E-state index contributed by atoms with van der Waals surface area (Å²) in [7, 11) is 0. The van der Waals surface area contributed by atoms with Gasteiger partial charge in [-0.25, -0.2) is 0 Å². The third-order valence-corrected chi connectivity index (χ3v) is 4.14. The molecule has 20 heavy (non-hydrogen) atoms. The summed E-state index contributed by atoms with van der Waals surface area (Å²) in [4.78, 5) is 15.4. The molecule has 1 aromatic heterocycles. The molecular formula is C16H21NO2S. The van der Waals surface area contributed by atoms with Crippen molar-refractivity contribution in [2.24, 2.45) is 0 Å². The molecule has 0 spiro atoms. The van der Waals surface area contributed by atoms with Gasteiger partial charge in [0.25, 0.3) is 5.91 Å². The van der Waals surface area contributed by atoms with Crippen molar-refractivity contribution < 1.29 is 9.90 Å². The normalized spacial score (nSPS) is 13.7. The number of hydrogen-bond acceptors (Lipinski definition) is 3. The molecule has 0 radical (unpaired) electrons. The molecular weight excluding hydrogens is 270 g/mol. The van der Waals surface area contributed by atoms with Crippen LogP contribution in [0, 0.1) is 11.8 Å². The zero-order valence-corrected chi connectivity index (χ0v) is 12.7. The molecule has 1 N–H and O–H groups in total. The molecule has 0 saturated heterocycles. The predicted octanol–water partition coefficient (Wildman–Crippen LogP) is 2.89. The number of carbonyl (C=O) groups is 1. The number of hydrogen-bond donors (Lipinski definition) is 1. The second-order valence-corrected chi connectivity index (χ2v) is 5.97. The number of thiophene rings is 1. The van der Waals surface area contributed by atoms with Gasteiger partial charge in [0.05, 0.1) is 17.0 Å². The van der Waals surface area contributed by atoms with Gasteiger partial charge in [-0.3, -0.25) is 4.79 Å². The minimum atomic E-state index is 0.0800. The first kappa shape index (κ1) is 15.1. The van der Waals surface area contributed by atoms with E-state index >= 15 is 0 Å². The van der Waals surface area contributed by atoms with Crippen LogP contribution < -0.4 is 0 Å². The maximum absolute atomic E-state index is 12.5. The molecule has 1 saturated carbocycles. The van der Waals surface area contributed by atoms with E-state index in [2.05, 4.69) is 18.8 Å². The summed E-state index contributed by atoms with van der Waals surface area (Å²) in [5.74, 6) is 6.02. The van der Waals surface area contributed by atoms with Crippen LogP contribution in [0.4, 0.5) is 0 Å². The Morgan fingerprint density at radius 1 is 1.55 bits per heavy atom. The summed E-state index contributed by atoms with van der Waals surface area (Å²) in [6, 6.07) is 2.33. The lowest BCUT2D eigenvalue weighted by atomic mass is 10.2. The quantitative estimate of drug-likeness (QED) is 0.819. The van der Waals surface area contributed by atoms with Crippen molar-refractivity contribution in [3.8, 4) is 11.8 Å². The summed E-state index contributed by atoms with van der Waals surface area (Å²) in [5, 5.41) is 10.6. The van der Waals surface area contributed by atoms with Gasteiger partial charge < -0.3 is 10.0 Å². The SMILES string of the molecule is CCCCN(C(=O)c1csc(C#CCCO)c1)C1CC1. The van der Waals surface area contributed by atoms with E-state index in [4.69, 9.17) is 5.11 Å². The zero-order valence-electron chi connectivity index (χ0n) is 11.9. The van der Waals surface area contributed by atoms with Crippen molar-refractivity contribution in [2.75, 3.05) is 13.2 Å². The monoisotopic (exact) mass is 291 g/mol. The number of nitrogens with zero attached hydrogens (tertiary/aromatic N) is 1. The predicted molar refractivity (Wildman–Crippen MR) is 81.9 cm³/mol. The smallest absolute Gasteiger partial charge is 0.254 e. The first-order valence-corrected chi connectivity index (χ1v) is 8.13. The Labute approximate surface area is 124 Å². The molecule has 1 fully saturated rings. The van der Waals surface area contributed by atoms with Gasteiger partial charge in [-0.05, 0) is 25.3 Å². The fourth-order valence-electron chi connectivity index (χ4n) is 2.05. The minimum Gasteiger partial charge on any atom is -0.395 e. The van der Waals surface area contributed by atoms with Gasteiger partial charge in [0.2, 0.25) is 0 Å². The molecule has 0 bridgehead atoms. The standard InChI is InChI=1S/C16H21NO2S/c1-2-3-9-17(14-7-8-14)16(19)13-11-15(20-12-13)6-4-5-10-18/h11-12,14,18H,2-3,5,7-10H2,1H3. The highest BCUT2D eigenvalue weighted by Crippen LogP contribution is 2.29. The van der Waals surface area contributed by atoms with Crippen molar-refractivity contribution in [3.63, 3.8) is 0 Å². The third-order valence-electron chi connectivity index (χ3n) is 3.30. The first-order chi connectivity index (χ1) is 9.76. The van der Waals surface area contributed by atoms with Crippen molar-refractivity contribution in [2.45, 2.75) is 45.1 Å². The average molecular weight is 291 g/mol. The highest BCUT2D eigenvalue weighted by Gasteiger charge is 2.32. The van der Waals surface area contributed by atoms with E-state index in [1.54, 1.807) is 0 Å². The van der Waals surface area contributed by atoms with Crippen LogP contribution in [0.5, 0.6) is 0 Å². The number of aliphatic hydroxyl groups excluding tert-OH is 1. The maximum atomic E-state index is 12.5. The number of amides is 1. The molecule has 1 aromatic rings.